The molecule has 7 nitrogen and oxygen atoms in total. The first-order valence-corrected chi connectivity index (χ1v) is 16.1. The van der Waals surface area contributed by atoms with E-state index in [9.17, 15) is 13.2 Å². The summed E-state index contributed by atoms with van der Waals surface area (Å²) in [5.74, 6) is -0.293. The molecule has 1 atom stereocenters. The number of carbonyl (C=O) groups excluding carboxylic acids is 1. The number of ether oxygens (including phenoxy) is 1. The van der Waals surface area contributed by atoms with Crippen molar-refractivity contribution in [3.05, 3.63) is 149 Å². The Hall–Kier alpha value is -5.15. The number of hydrogen-bond acceptors (Lipinski definition) is 5. The van der Waals surface area contributed by atoms with Gasteiger partial charge < -0.3 is 9.64 Å². The number of benzene rings is 5. The van der Waals surface area contributed by atoms with Gasteiger partial charge in [0, 0.05) is 23.5 Å². The van der Waals surface area contributed by atoms with Crippen LogP contribution in [-0.4, -0.2) is 20.9 Å². The molecule has 0 radical (unpaired) electrons. The smallest absolute Gasteiger partial charge is 0.262 e. The van der Waals surface area contributed by atoms with Gasteiger partial charge >= 0.3 is 0 Å². The molecule has 5 aromatic rings. The number of aryl methyl sites for hydroxylation is 1. The van der Waals surface area contributed by atoms with Gasteiger partial charge in [0.05, 0.1) is 22.8 Å². The standard InChI is InChI=1S/C36H32FN3O4S/c1-3-44-29-19-17-28(18-20-29)40-35(31-11-7-8-12-33(31)37)39(24-26-9-5-4-6-10-26)34-22-21-30(23-32(34)36(40)41)45(42,43)38-27-15-13-25(2)14-16-27/h4-23,35,38H,3,24H2,1-2H3/t35-/m1/s1. The molecule has 45 heavy (non-hydrogen) atoms. The Morgan fingerprint density at radius 1 is 0.844 bits per heavy atom. The average molecular weight is 622 g/mol. The lowest BCUT2D eigenvalue weighted by Gasteiger charge is -2.46. The molecule has 9 heteroatoms. The highest BCUT2D eigenvalue weighted by Gasteiger charge is 2.41. The molecule has 1 aliphatic heterocycles. The molecule has 5 aromatic carbocycles. The fourth-order valence-corrected chi connectivity index (χ4v) is 6.61. The second-order valence-electron chi connectivity index (χ2n) is 10.8. The third-order valence-electron chi connectivity index (χ3n) is 7.69. The summed E-state index contributed by atoms with van der Waals surface area (Å²) in [6.45, 7) is 4.60. The Morgan fingerprint density at radius 2 is 1.53 bits per heavy atom. The molecule has 0 bridgehead atoms. The average Bonchev–Trinajstić information content (AvgIpc) is 3.04. The monoisotopic (exact) mass is 621 g/mol. The number of sulfonamides is 1. The number of carbonyl (C=O) groups is 1. The lowest BCUT2D eigenvalue weighted by molar-refractivity contribution is 0.0967. The van der Waals surface area contributed by atoms with E-state index in [1.165, 1.54) is 23.1 Å². The summed E-state index contributed by atoms with van der Waals surface area (Å²) in [5.41, 5.74) is 3.82. The fraction of sp³-hybridized carbons (Fsp3) is 0.139. The minimum absolute atomic E-state index is 0.0641. The molecule has 0 saturated heterocycles. The van der Waals surface area contributed by atoms with E-state index in [2.05, 4.69) is 4.72 Å². The SMILES string of the molecule is CCOc1ccc(N2C(=O)c3cc(S(=O)(=O)Nc4ccc(C)cc4)ccc3N(Cc3ccccc3)[C@H]2c2ccccc2F)cc1. The summed E-state index contributed by atoms with van der Waals surface area (Å²) in [7, 11) is -4.04. The molecule has 0 saturated carbocycles. The molecular weight excluding hydrogens is 589 g/mol. The zero-order valence-electron chi connectivity index (χ0n) is 24.9. The summed E-state index contributed by atoms with van der Waals surface area (Å²) in [5, 5.41) is 0. The van der Waals surface area contributed by atoms with Crippen LogP contribution in [-0.2, 0) is 16.6 Å². The maximum absolute atomic E-state index is 15.6. The molecule has 0 spiro atoms. The van der Waals surface area contributed by atoms with Crippen LogP contribution in [0.25, 0.3) is 0 Å². The highest BCUT2D eigenvalue weighted by atomic mass is 32.2. The quantitative estimate of drug-likeness (QED) is 0.183. The van der Waals surface area contributed by atoms with Crippen molar-refractivity contribution >= 4 is 33.0 Å². The van der Waals surface area contributed by atoms with E-state index in [0.717, 1.165) is 11.1 Å². The Kier molecular flexibility index (Phi) is 8.28. The van der Waals surface area contributed by atoms with Gasteiger partial charge in [0.1, 0.15) is 17.7 Å². The predicted molar refractivity (Wildman–Crippen MR) is 175 cm³/mol. The van der Waals surface area contributed by atoms with Gasteiger partial charge in [-0.25, -0.2) is 12.8 Å². The zero-order valence-corrected chi connectivity index (χ0v) is 25.7. The Morgan fingerprint density at radius 3 is 2.22 bits per heavy atom. The third kappa shape index (κ3) is 6.12. The molecule has 228 valence electrons. The molecular formula is C36H32FN3O4S. The Bertz CT molecular complexity index is 1930. The Balaban J connectivity index is 1.52. The van der Waals surface area contributed by atoms with Gasteiger partial charge in [0.25, 0.3) is 15.9 Å². The Labute approximate surface area is 262 Å². The summed E-state index contributed by atoms with van der Waals surface area (Å²) >= 11 is 0. The first kappa shape index (κ1) is 29.9. The van der Waals surface area contributed by atoms with Crippen molar-refractivity contribution in [3.63, 3.8) is 0 Å². The zero-order chi connectivity index (χ0) is 31.6. The normalized spacial score (nSPS) is 14.6. The van der Waals surface area contributed by atoms with Gasteiger partial charge in [0.15, 0.2) is 0 Å². The number of nitrogens with one attached hydrogen (secondary N) is 1. The second-order valence-corrected chi connectivity index (χ2v) is 12.4. The van der Waals surface area contributed by atoms with Crippen LogP contribution in [0.15, 0.2) is 126 Å². The third-order valence-corrected chi connectivity index (χ3v) is 9.06. The molecule has 1 heterocycles. The number of rotatable bonds is 9. The molecule has 1 N–H and O–H groups in total. The van der Waals surface area contributed by atoms with Crippen LogP contribution in [0.3, 0.4) is 0 Å². The molecule has 1 aliphatic rings. The number of hydrogen-bond donors (Lipinski definition) is 1. The van der Waals surface area contributed by atoms with Gasteiger partial charge in [-0.15, -0.1) is 0 Å². The van der Waals surface area contributed by atoms with Crippen LogP contribution in [0.4, 0.5) is 21.5 Å². The molecule has 6 rings (SSSR count). The van der Waals surface area contributed by atoms with E-state index < -0.39 is 27.9 Å². The van der Waals surface area contributed by atoms with E-state index in [0.29, 0.717) is 41.5 Å². The van der Waals surface area contributed by atoms with Gasteiger partial charge in [-0.3, -0.25) is 14.4 Å². The van der Waals surface area contributed by atoms with Crippen molar-refractivity contribution in [1.29, 1.82) is 0 Å². The summed E-state index contributed by atoms with van der Waals surface area (Å²) in [4.78, 5) is 17.9. The van der Waals surface area contributed by atoms with E-state index in [4.69, 9.17) is 4.74 Å². The van der Waals surface area contributed by atoms with Gasteiger partial charge in [0.2, 0.25) is 0 Å². The van der Waals surface area contributed by atoms with Crippen molar-refractivity contribution in [3.8, 4) is 5.75 Å². The van der Waals surface area contributed by atoms with Crippen molar-refractivity contribution < 1.29 is 22.3 Å². The van der Waals surface area contributed by atoms with Crippen molar-refractivity contribution in [1.82, 2.24) is 0 Å². The van der Waals surface area contributed by atoms with Gasteiger partial charge in [-0.2, -0.15) is 0 Å². The van der Waals surface area contributed by atoms with Crippen LogP contribution >= 0.6 is 0 Å². The van der Waals surface area contributed by atoms with Gasteiger partial charge in [-0.05, 0) is 80.1 Å². The summed E-state index contributed by atoms with van der Waals surface area (Å²) in [6, 6.07) is 34.6. The van der Waals surface area contributed by atoms with Crippen LogP contribution in [0.5, 0.6) is 5.75 Å². The first-order valence-electron chi connectivity index (χ1n) is 14.6. The highest BCUT2D eigenvalue weighted by molar-refractivity contribution is 7.92. The first-order chi connectivity index (χ1) is 21.7. The van der Waals surface area contributed by atoms with E-state index >= 15 is 4.39 Å². The van der Waals surface area contributed by atoms with Crippen molar-refractivity contribution in [2.24, 2.45) is 0 Å². The van der Waals surface area contributed by atoms with E-state index in [1.807, 2.05) is 61.2 Å². The summed E-state index contributed by atoms with van der Waals surface area (Å²) < 4.78 is 50.9. The minimum atomic E-state index is -4.04. The topological polar surface area (TPSA) is 78.9 Å². The number of amides is 1. The van der Waals surface area contributed by atoms with Crippen LogP contribution < -0.4 is 19.3 Å². The predicted octanol–water partition coefficient (Wildman–Crippen LogP) is 7.70. The fourth-order valence-electron chi connectivity index (χ4n) is 5.52. The second kappa shape index (κ2) is 12.5. The van der Waals surface area contributed by atoms with Crippen LogP contribution in [0, 0.1) is 12.7 Å². The highest BCUT2D eigenvalue weighted by Crippen LogP contribution is 2.44. The maximum atomic E-state index is 15.6. The molecule has 0 aliphatic carbocycles. The number of anilines is 3. The van der Waals surface area contributed by atoms with Crippen molar-refractivity contribution in [2.45, 2.75) is 31.5 Å². The lowest BCUT2D eigenvalue weighted by atomic mass is 9.98. The summed E-state index contributed by atoms with van der Waals surface area (Å²) in [6.07, 6.45) is -0.877. The maximum Gasteiger partial charge on any atom is 0.262 e. The largest absolute Gasteiger partial charge is 0.494 e. The molecule has 0 aromatic heterocycles. The van der Waals surface area contributed by atoms with Crippen LogP contribution in [0.2, 0.25) is 0 Å². The van der Waals surface area contributed by atoms with E-state index in [1.54, 1.807) is 60.7 Å². The number of nitrogens with zero attached hydrogens (tertiary/aromatic N) is 2. The van der Waals surface area contributed by atoms with E-state index in [-0.39, 0.29) is 10.5 Å². The minimum Gasteiger partial charge on any atom is -0.494 e. The van der Waals surface area contributed by atoms with Crippen LogP contribution in [0.1, 0.15) is 40.1 Å². The molecule has 0 unspecified atom stereocenters. The molecule has 1 amide bonds. The van der Waals surface area contributed by atoms with Crippen molar-refractivity contribution in [2.75, 3.05) is 21.1 Å². The van der Waals surface area contributed by atoms with Gasteiger partial charge in [-0.1, -0.05) is 66.2 Å². The lowest BCUT2D eigenvalue weighted by Crippen LogP contribution is -2.50. The molecule has 0 fully saturated rings. The number of fused-ring (bicyclic) bond motifs is 1. The number of halogens is 1.